The molecule has 0 aromatic heterocycles. The molecule has 0 rings (SSSR count). The van der Waals surface area contributed by atoms with Gasteiger partial charge in [-0.1, -0.05) is 25.8 Å². The Morgan fingerprint density at radius 2 is 2.21 bits per heavy atom. The number of hydrogen-bond acceptors (Lipinski definition) is 2. The number of carbonyl (C=O) groups is 1. The molecule has 0 amide bonds. The molecular formula is C12H21NO. The van der Waals surface area contributed by atoms with Crippen molar-refractivity contribution in [3.8, 4) is 0 Å². The first-order valence-electron chi connectivity index (χ1n) is 5.24. The Balaban J connectivity index is 4.15. The van der Waals surface area contributed by atoms with Gasteiger partial charge in [0.15, 0.2) is 5.78 Å². The van der Waals surface area contributed by atoms with E-state index in [1.165, 1.54) is 12.8 Å². The molecule has 0 aliphatic heterocycles. The molecular weight excluding hydrogens is 174 g/mol. The topological polar surface area (TPSA) is 29.4 Å². The molecule has 2 nitrogen and oxygen atoms in total. The molecule has 2 heteroatoms. The summed E-state index contributed by atoms with van der Waals surface area (Å²) in [4.78, 5) is 15.1. The second kappa shape index (κ2) is 7.48. The average molecular weight is 195 g/mol. The van der Waals surface area contributed by atoms with E-state index in [1.807, 2.05) is 6.08 Å². The van der Waals surface area contributed by atoms with Crippen LogP contribution in [0.5, 0.6) is 0 Å². The molecule has 0 aliphatic carbocycles. The van der Waals surface area contributed by atoms with Gasteiger partial charge >= 0.3 is 0 Å². The summed E-state index contributed by atoms with van der Waals surface area (Å²) in [5, 5.41) is 0. The lowest BCUT2D eigenvalue weighted by Crippen LogP contribution is -2.14. The minimum absolute atomic E-state index is 0.0795. The van der Waals surface area contributed by atoms with Crippen LogP contribution >= 0.6 is 0 Å². The second-order valence-corrected chi connectivity index (χ2v) is 3.57. The number of allylic oxidation sites excluding steroid dienone is 1. The zero-order valence-corrected chi connectivity index (χ0v) is 9.55. The van der Waals surface area contributed by atoms with Crippen molar-refractivity contribution < 1.29 is 4.79 Å². The summed E-state index contributed by atoms with van der Waals surface area (Å²) in [6.45, 7) is 7.53. The molecule has 0 bridgehead atoms. The SMILES string of the molecule is C=CC(CCCC)CC(=NC)C(C)=O. The van der Waals surface area contributed by atoms with Crippen molar-refractivity contribution in [1.29, 1.82) is 0 Å². The molecule has 0 heterocycles. The van der Waals surface area contributed by atoms with Gasteiger partial charge in [0.2, 0.25) is 0 Å². The molecule has 14 heavy (non-hydrogen) atoms. The van der Waals surface area contributed by atoms with Gasteiger partial charge in [0.1, 0.15) is 0 Å². The van der Waals surface area contributed by atoms with Gasteiger partial charge < -0.3 is 0 Å². The molecule has 0 saturated heterocycles. The lowest BCUT2D eigenvalue weighted by molar-refractivity contribution is -0.111. The van der Waals surface area contributed by atoms with Crippen LogP contribution in [-0.4, -0.2) is 18.5 Å². The Hall–Kier alpha value is -0.920. The summed E-state index contributed by atoms with van der Waals surface area (Å²) in [5.74, 6) is 0.480. The van der Waals surface area contributed by atoms with E-state index in [4.69, 9.17) is 0 Å². The highest BCUT2D eigenvalue weighted by Gasteiger charge is 2.11. The maximum absolute atomic E-state index is 11.1. The van der Waals surface area contributed by atoms with Gasteiger partial charge in [-0.25, -0.2) is 0 Å². The number of unbranched alkanes of at least 4 members (excludes halogenated alkanes) is 1. The summed E-state index contributed by atoms with van der Waals surface area (Å²) >= 11 is 0. The summed E-state index contributed by atoms with van der Waals surface area (Å²) < 4.78 is 0. The van der Waals surface area contributed by atoms with Crippen LogP contribution in [0.1, 0.15) is 39.5 Å². The fraction of sp³-hybridized carbons (Fsp3) is 0.667. The minimum Gasteiger partial charge on any atom is -0.293 e. The summed E-state index contributed by atoms with van der Waals surface area (Å²) in [5.41, 5.74) is 0.686. The fourth-order valence-electron chi connectivity index (χ4n) is 1.41. The van der Waals surface area contributed by atoms with Crippen molar-refractivity contribution >= 4 is 11.5 Å². The van der Waals surface area contributed by atoms with Gasteiger partial charge in [0.05, 0.1) is 5.71 Å². The number of carbonyl (C=O) groups excluding carboxylic acids is 1. The molecule has 1 unspecified atom stereocenters. The largest absolute Gasteiger partial charge is 0.293 e. The van der Waals surface area contributed by atoms with Crippen LogP contribution in [0, 0.1) is 5.92 Å². The first-order valence-corrected chi connectivity index (χ1v) is 5.24. The van der Waals surface area contributed by atoms with Crippen molar-refractivity contribution in [2.75, 3.05) is 7.05 Å². The predicted octanol–water partition coefficient (Wildman–Crippen LogP) is 3.03. The van der Waals surface area contributed by atoms with E-state index < -0.39 is 0 Å². The Morgan fingerprint density at radius 3 is 2.57 bits per heavy atom. The van der Waals surface area contributed by atoms with E-state index in [1.54, 1.807) is 14.0 Å². The van der Waals surface area contributed by atoms with E-state index >= 15 is 0 Å². The monoisotopic (exact) mass is 195 g/mol. The van der Waals surface area contributed by atoms with Gasteiger partial charge in [-0.3, -0.25) is 9.79 Å². The first kappa shape index (κ1) is 13.1. The lowest BCUT2D eigenvalue weighted by atomic mass is 9.95. The van der Waals surface area contributed by atoms with E-state index in [-0.39, 0.29) is 5.78 Å². The van der Waals surface area contributed by atoms with Crippen LogP contribution in [0.4, 0.5) is 0 Å². The van der Waals surface area contributed by atoms with Crippen LogP contribution in [-0.2, 0) is 4.79 Å². The van der Waals surface area contributed by atoms with Crippen molar-refractivity contribution in [3.63, 3.8) is 0 Å². The Kier molecular flexibility index (Phi) is 6.99. The smallest absolute Gasteiger partial charge is 0.173 e. The summed E-state index contributed by atoms with van der Waals surface area (Å²) in [6.07, 6.45) is 6.15. The Morgan fingerprint density at radius 1 is 1.57 bits per heavy atom. The van der Waals surface area contributed by atoms with Gasteiger partial charge in [0.25, 0.3) is 0 Å². The third-order valence-corrected chi connectivity index (χ3v) is 2.39. The minimum atomic E-state index is 0.0795. The second-order valence-electron chi connectivity index (χ2n) is 3.57. The number of ketones is 1. The number of Topliss-reactive ketones (excluding diaryl/α,β-unsaturated/α-hetero) is 1. The standard InChI is InChI=1S/C12H21NO/c1-5-7-8-11(6-2)9-12(13-4)10(3)14/h6,11H,2,5,7-9H2,1,3-4H3. The van der Waals surface area contributed by atoms with Crippen molar-refractivity contribution in [3.05, 3.63) is 12.7 Å². The highest BCUT2D eigenvalue weighted by molar-refractivity contribution is 6.39. The number of nitrogens with zero attached hydrogens (tertiary/aromatic N) is 1. The highest BCUT2D eigenvalue weighted by Crippen LogP contribution is 2.14. The molecule has 0 aliphatic rings. The van der Waals surface area contributed by atoms with E-state index in [9.17, 15) is 4.79 Å². The predicted molar refractivity (Wildman–Crippen MR) is 61.9 cm³/mol. The molecule has 0 N–H and O–H groups in total. The third kappa shape index (κ3) is 4.95. The average Bonchev–Trinajstić information content (AvgIpc) is 2.18. The van der Waals surface area contributed by atoms with Gasteiger partial charge in [-0.2, -0.15) is 0 Å². The quantitative estimate of drug-likeness (QED) is 0.453. The lowest BCUT2D eigenvalue weighted by Gasteiger charge is -2.11. The van der Waals surface area contributed by atoms with Crippen molar-refractivity contribution in [1.82, 2.24) is 0 Å². The van der Waals surface area contributed by atoms with E-state index in [0.717, 1.165) is 12.8 Å². The molecule has 0 saturated carbocycles. The Labute approximate surface area is 87.1 Å². The maximum Gasteiger partial charge on any atom is 0.173 e. The number of hydrogen-bond donors (Lipinski definition) is 0. The van der Waals surface area contributed by atoms with Crippen LogP contribution in [0.15, 0.2) is 17.6 Å². The van der Waals surface area contributed by atoms with E-state index in [2.05, 4.69) is 18.5 Å². The summed E-state index contributed by atoms with van der Waals surface area (Å²) in [7, 11) is 1.68. The molecule has 1 atom stereocenters. The Bertz CT molecular complexity index is 218. The number of aliphatic imine (C=N–C) groups is 1. The van der Waals surface area contributed by atoms with Crippen LogP contribution in [0.2, 0.25) is 0 Å². The van der Waals surface area contributed by atoms with Gasteiger partial charge in [0, 0.05) is 14.0 Å². The van der Waals surface area contributed by atoms with Crippen molar-refractivity contribution in [2.45, 2.75) is 39.5 Å². The molecule has 0 aromatic rings. The van der Waals surface area contributed by atoms with Crippen LogP contribution < -0.4 is 0 Å². The molecule has 80 valence electrons. The zero-order valence-electron chi connectivity index (χ0n) is 9.55. The van der Waals surface area contributed by atoms with Gasteiger partial charge in [-0.05, 0) is 18.8 Å². The number of rotatable bonds is 7. The fourth-order valence-corrected chi connectivity index (χ4v) is 1.41. The summed E-state index contributed by atoms with van der Waals surface area (Å²) in [6, 6.07) is 0. The zero-order chi connectivity index (χ0) is 11.0. The molecule has 0 aromatic carbocycles. The first-order chi connectivity index (χ1) is 6.65. The highest BCUT2D eigenvalue weighted by atomic mass is 16.1. The molecule has 0 spiro atoms. The van der Waals surface area contributed by atoms with Gasteiger partial charge in [-0.15, -0.1) is 6.58 Å². The normalized spacial score (nSPS) is 13.8. The van der Waals surface area contributed by atoms with E-state index in [0.29, 0.717) is 11.6 Å². The van der Waals surface area contributed by atoms with Crippen LogP contribution in [0.25, 0.3) is 0 Å². The van der Waals surface area contributed by atoms with Crippen molar-refractivity contribution in [2.24, 2.45) is 10.9 Å². The molecule has 0 radical (unpaired) electrons. The maximum atomic E-state index is 11.1. The third-order valence-electron chi connectivity index (χ3n) is 2.39. The van der Waals surface area contributed by atoms with Crippen LogP contribution in [0.3, 0.4) is 0 Å². The molecule has 0 fully saturated rings.